The molecule has 1 N–H and O–H groups in total. The monoisotopic (exact) mass is 310 g/mol. The Bertz CT molecular complexity index is 865. The molecule has 0 aliphatic heterocycles. The summed E-state index contributed by atoms with van der Waals surface area (Å²) < 4.78 is 6.65. The average Bonchev–Trinajstić information content (AvgIpc) is 2.89. The van der Waals surface area contributed by atoms with Crippen LogP contribution in [-0.4, -0.2) is 10.5 Å². The molecule has 1 unspecified atom stereocenters. The van der Waals surface area contributed by atoms with Crippen LogP contribution < -0.4 is 11.1 Å². The maximum atomic E-state index is 12.1. The molecule has 1 amide bonds. The molecule has 1 heterocycles. The van der Waals surface area contributed by atoms with Crippen molar-refractivity contribution >= 4 is 17.0 Å². The Morgan fingerprint density at radius 3 is 2.61 bits per heavy atom. The lowest BCUT2D eigenvalue weighted by atomic mass is 10.1. The lowest BCUT2D eigenvalue weighted by molar-refractivity contribution is -0.121. The van der Waals surface area contributed by atoms with E-state index in [-0.39, 0.29) is 18.4 Å². The molecule has 23 heavy (non-hydrogen) atoms. The van der Waals surface area contributed by atoms with Crippen molar-refractivity contribution in [2.24, 2.45) is 0 Å². The molecule has 1 aromatic heterocycles. The van der Waals surface area contributed by atoms with Gasteiger partial charge in [-0.3, -0.25) is 9.36 Å². The fourth-order valence-electron chi connectivity index (χ4n) is 2.58. The molecule has 5 heteroatoms. The highest BCUT2D eigenvalue weighted by Crippen LogP contribution is 2.13. The number of hydrogen-bond donors (Lipinski definition) is 1. The highest BCUT2D eigenvalue weighted by atomic mass is 16.4. The summed E-state index contributed by atoms with van der Waals surface area (Å²) in [6, 6.07) is 16.9. The van der Waals surface area contributed by atoms with Gasteiger partial charge in [-0.05, 0) is 24.6 Å². The Morgan fingerprint density at radius 2 is 1.83 bits per heavy atom. The molecule has 3 rings (SSSR count). The third-order valence-electron chi connectivity index (χ3n) is 3.81. The van der Waals surface area contributed by atoms with Crippen molar-refractivity contribution in [2.75, 3.05) is 0 Å². The van der Waals surface area contributed by atoms with E-state index in [2.05, 4.69) is 5.32 Å². The zero-order chi connectivity index (χ0) is 16.2. The van der Waals surface area contributed by atoms with Gasteiger partial charge in [-0.1, -0.05) is 42.5 Å². The topological polar surface area (TPSA) is 64.2 Å². The van der Waals surface area contributed by atoms with Gasteiger partial charge in [-0.25, -0.2) is 4.79 Å². The van der Waals surface area contributed by atoms with Crippen molar-refractivity contribution in [1.29, 1.82) is 0 Å². The lowest BCUT2D eigenvalue weighted by Gasteiger charge is -2.14. The van der Waals surface area contributed by atoms with Gasteiger partial charge in [0, 0.05) is 13.0 Å². The third kappa shape index (κ3) is 3.34. The summed E-state index contributed by atoms with van der Waals surface area (Å²) in [5.41, 5.74) is 2.30. The van der Waals surface area contributed by atoms with Gasteiger partial charge in [0.25, 0.3) is 0 Å². The summed E-state index contributed by atoms with van der Waals surface area (Å²) >= 11 is 0. The van der Waals surface area contributed by atoms with Crippen molar-refractivity contribution < 1.29 is 9.21 Å². The SMILES string of the molecule is CC(NC(=O)CCn1c(=O)oc2ccccc21)c1ccccc1. The number of nitrogens with zero attached hydrogens (tertiary/aromatic N) is 1. The van der Waals surface area contributed by atoms with Crippen LogP contribution in [0, 0.1) is 0 Å². The largest absolute Gasteiger partial charge is 0.419 e. The number of benzene rings is 2. The van der Waals surface area contributed by atoms with Crippen LogP contribution in [0.1, 0.15) is 24.9 Å². The summed E-state index contributed by atoms with van der Waals surface area (Å²) in [5.74, 6) is -0.534. The lowest BCUT2D eigenvalue weighted by Crippen LogP contribution is -2.28. The minimum Gasteiger partial charge on any atom is -0.408 e. The van der Waals surface area contributed by atoms with Gasteiger partial charge in [0.05, 0.1) is 11.6 Å². The smallest absolute Gasteiger partial charge is 0.408 e. The molecule has 0 saturated carbocycles. The Morgan fingerprint density at radius 1 is 1.13 bits per heavy atom. The van der Waals surface area contributed by atoms with E-state index in [1.807, 2.05) is 55.5 Å². The summed E-state index contributed by atoms with van der Waals surface area (Å²) in [7, 11) is 0. The number of fused-ring (bicyclic) bond motifs is 1. The molecular formula is C18H18N2O3. The van der Waals surface area contributed by atoms with Crippen LogP contribution in [0.25, 0.3) is 11.1 Å². The number of nitrogens with one attached hydrogen (secondary N) is 1. The first-order chi connectivity index (χ1) is 11.1. The van der Waals surface area contributed by atoms with E-state index < -0.39 is 5.76 Å². The third-order valence-corrected chi connectivity index (χ3v) is 3.81. The standard InChI is InChI=1S/C18H18N2O3/c1-13(14-7-3-2-4-8-14)19-17(21)11-12-20-15-9-5-6-10-16(15)23-18(20)22/h2-10,13H,11-12H2,1H3,(H,19,21). The van der Waals surface area contributed by atoms with E-state index in [0.29, 0.717) is 17.6 Å². The van der Waals surface area contributed by atoms with Crippen LogP contribution in [-0.2, 0) is 11.3 Å². The molecule has 2 aromatic carbocycles. The van der Waals surface area contributed by atoms with Crippen LogP contribution in [0.2, 0.25) is 0 Å². The predicted molar refractivity (Wildman–Crippen MR) is 88.1 cm³/mol. The second-order valence-corrected chi connectivity index (χ2v) is 5.44. The first-order valence-electron chi connectivity index (χ1n) is 7.58. The molecule has 0 bridgehead atoms. The number of hydrogen-bond acceptors (Lipinski definition) is 3. The van der Waals surface area contributed by atoms with E-state index in [4.69, 9.17) is 4.42 Å². The summed E-state index contributed by atoms with van der Waals surface area (Å²) in [6.07, 6.45) is 0.223. The fourth-order valence-corrected chi connectivity index (χ4v) is 2.58. The van der Waals surface area contributed by atoms with Crippen LogP contribution in [0.3, 0.4) is 0 Å². The minimum absolute atomic E-state index is 0.0680. The zero-order valence-electron chi connectivity index (χ0n) is 12.9. The van der Waals surface area contributed by atoms with E-state index in [0.717, 1.165) is 5.56 Å². The second kappa shape index (κ2) is 6.52. The Hall–Kier alpha value is -2.82. The minimum atomic E-state index is -0.435. The van der Waals surface area contributed by atoms with Crippen molar-refractivity contribution in [2.45, 2.75) is 25.9 Å². The molecular weight excluding hydrogens is 292 g/mol. The van der Waals surface area contributed by atoms with E-state index in [1.165, 1.54) is 4.57 Å². The van der Waals surface area contributed by atoms with Gasteiger partial charge in [0.1, 0.15) is 0 Å². The summed E-state index contributed by atoms with van der Waals surface area (Å²) in [5, 5.41) is 2.94. The number of carbonyl (C=O) groups excluding carboxylic acids is 1. The van der Waals surface area contributed by atoms with Crippen LogP contribution in [0.15, 0.2) is 63.8 Å². The molecule has 118 valence electrons. The maximum absolute atomic E-state index is 12.1. The van der Waals surface area contributed by atoms with Gasteiger partial charge in [0.2, 0.25) is 5.91 Å². The Labute approximate surface area is 133 Å². The number of amides is 1. The van der Waals surface area contributed by atoms with E-state index in [9.17, 15) is 9.59 Å². The van der Waals surface area contributed by atoms with Crippen molar-refractivity contribution in [3.63, 3.8) is 0 Å². The number of aromatic nitrogens is 1. The quantitative estimate of drug-likeness (QED) is 0.788. The molecule has 0 aliphatic carbocycles. The van der Waals surface area contributed by atoms with Crippen LogP contribution in [0.5, 0.6) is 0 Å². The second-order valence-electron chi connectivity index (χ2n) is 5.44. The maximum Gasteiger partial charge on any atom is 0.419 e. The Kier molecular flexibility index (Phi) is 4.28. The molecule has 5 nitrogen and oxygen atoms in total. The number of para-hydroxylation sites is 2. The Balaban J connectivity index is 1.65. The molecule has 0 radical (unpaired) electrons. The van der Waals surface area contributed by atoms with Crippen LogP contribution in [0.4, 0.5) is 0 Å². The van der Waals surface area contributed by atoms with Gasteiger partial charge >= 0.3 is 5.76 Å². The van der Waals surface area contributed by atoms with Gasteiger partial charge in [-0.15, -0.1) is 0 Å². The van der Waals surface area contributed by atoms with Crippen LogP contribution >= 0.6 is 0 Å². The van der Waals surface area contributed by atoms with Gasteiger partial charge in [0.15, 0.2) is 5.58 Å². The summed E-state index contributed by atoms with van der Waals surface area (Å²) in [6.45, 7) is 2.23. The number of carbonyl (C=O) groups is 1. The number of aryl methyl sites for hydroxylation is 1. The average molecular weight is 310 g/mol. The first kappa shape index (κ1) is 15.1. The molecule has 0 fully saturated rings. The molecule has 0 aliphatic rings. The normalized spacial score (nSPS) is 12.2. The molecule has 0 spiro atoms. The van der Waals surface area contributed by atoms with Crippen molar-refractivity contribution in [3.05, 3.63) is 70.7 Å². The predicted octanol–water partition coefficient (Wildman–Crippen LogP) is 2.86. The van der Waals surface area contributed by atoms with Gasteiger partial charge in [-0.2, -0.15) is 0 Å². The fraction of sp³-hybridized carbons (Fsp3) is 0.222. The number of oxazole rings is 1. The van der Waals surface area contributed by atoms with Crippen molar-refractivity contribution in [3.8, 4) is 0 Å². The zero-order valence-corrected chi connectivity index (χ0v) is 12.9. The molecule has 1 atom stereocenters. The summed E-state index contributed by atoms with van der Waals surface area (Å²) in [4.78, 5) is 24.0. The van der Waals surface area contributed by atoms with E-state index in [1.54, 1.807) is 6.07 Å². The highest BCUT2D eigenvalue weighted by Gasteiger charge is 2.12. The van der Waals surface area contributed by atoms with E-state index >= 15 is 0 Å². The molecule has 0 saturated heterocycles. The molecule has 3 aromatic rings. The number of rotatable bonds is 5. The first-order valence-corrected chi connectivity index (χ1v) is 7.58. The van der Waals surface area contributed by atoms with Gasteiger partial charge < -0.3 is 9.73 Å². The van der Waals surface area contributed by atoms with Crippen molar-refractivity contribution in [1.82, 2.24) is 9.88 Å². The highest BCUT2D eigenvalue weighted by molar-refractivity contribution is 5.77.